The molecule has 4 nitrogen and oxygen atoms in total. The van der Waals surface area contributed by atoms with Crippen molar-refractivity contribution in [3.63, 3.8) is 0 Å². The minimum absolute atomic E-state index is 0.0420. The van der Waals surface area contributed by atoms with Crippen LogP contribution in [0.3, 0.4) is 0 Å². The van der Waals surface area contributed by atoms with Crippen LogP contribution in [-0.2, 0) is 6.18 Å². The number of aryl methyl sites for hydroxylation is 1. The minimum Gasteiger partial charge on any atom is -0.182 e. The van der Waals surface area contributed by atoms with Gasteiger partial charge in [-0.3, -0.25) is 0 Å². The number of benzene rings is 2. The first kappa shape index (κ1) is 15.8. The second-order valence-electron chi connectivity index (χ2n) is 5.53. The van der Waals surface area contributed by atoms with Crippen molar-refractivity contribution in [1.29, 1.82) is 0 Å². The zero-order valence-corrected chi connectivity index (χ0v) is 13.8. The zero-order chi connectivity index (χ0) is 17.6. The van der Waals surface area contributed by atoms with Gasteiger partial charge in [0, 0.05) is 11.1 Å². The van der Waals surface area contributed by atoms with E-state index in [4.69, 9.17) is 0 Å². The van der Waals surface area contributed by atoms with Crippen molar-refractivity contribution in [2.75, 3.05) is 0 Å². The molecule has 0 saturated carbocycles. The van der Waals surface area contributed by atoms with Crippen LogP contribution in [-0.4, -0.2) is 19.8 Å². The van der Waals surface area contributed by atoms with E-state index in [1.165, 1.54) is 16.6 Å². The molecule has 0 fully saturated rings. The number of alkyl halides is 3. The van der Waals surface area contributed by atoms with Crippen molar-refractivity contribution in [2.24, 2.45) is 0 Å². The summed E-state index contributed by atoms with van der Waals surface area (Å²) in [6, 6.07) is 13.0. The summed E-state index contributed by atoms with van der Waals surface area (Å²) in [5, 5.41) is 12.7. The van der Waals surface area contributed by atoms with Gasteiger partial charge in [-0.15, -0.1) is 10.2 Å². The van der Waals surface area contributed by atoms with Gasteiger partial charge in [0.2, 0.25) is 4.96 Å². The number of halogens is 3. The van der Waals surface area contributed by atoms with Gasteiger partial charge in [0.1, 0.15) is 5.01 Å². The summed E-state index contributed by atoms with van der Waals surface area (Å²) in [5.74, 6) is 0.502. The van der Waals surface area contributed by atoms with Crippen LogP contribution < -0.4 is 0 Å². The van der Waals surface area contributed by atoms with Crippen LogP contribution in [0.5, 0.6) is 0 Å². The summed E-state index contributed by atoms with van der Waals surface area (Å²) >= 11 is 1.08. The van der Waals surface area contributed by atoms with Crippen molar-refractivity contribution in [3.05, 3.63) is 59.7 Å². The third-order valence-electron chi connectivity index (χ3n) is 3.76. The molecule has 0 atom stereocenters. The fourth-order valence-corrected chi connectivity index (χ4v) is 3.40. The third kappa shape index (κ3) is 2.78. The monoisotopic (exact) mass is 360 g/mol. The molecule has 0 spiro atoms. The van der Waals surface area contributed by atoms with Gasteiger partial charge in [-0.2, -0.15) is 22.8 Å². The Kier molecular flexibility index (Phi) is 3.57. The summed E-state index contributed by atoms with van der Waals surface area (Å²) in [6.45, 7) is 1.97. The first-order valence-corrected chi connectivity index (χ1v) is 8.21. The highest BCUT2D eigenvalue weighted by atomic mass is 32.1. The molecule has 0 bridgehead atoms. The molecule has 126 valence electrons. The van der Waals surface area contributed by atoms with E-state index < -0.39 is 11.7 Å². The van der Waals surface area contributed by atoms with E-state index in [1.807, 2.05) is 31.2 Å². The summed E-state index contributed by atoms with van der Waals surface area (Å²) in [5.41, 5.74) is 1.24. The predicted molar refractivity (Wildman–Crippen MR) is 89.3 cm³/mol. The predicted octanol–water partition coefficient (Wildman–Crippen LogP) is 4.85. The van der Waals surface area contributed by atoms with E-state index >= 15 is 0 Å². The van der Waals surface area contributed by atoms with E-state index in [0.29, 0.717) is 10.8 Å². The topological polar surface area (TPSA) is 43.1 Å². The Hall–Kier alpha value is -2.74. The van der Waals surface area contributed by atoms with E-state index in [1.54, 1.807) is 6.07 Å². The summed E-state index contributed by atoms with van der Waals surface area (Å²) in [7, 11) is 0. The quantitative estimate of drug-likeness (QED) is 0.513. The van der Waals surface area contributed by atoms with Gasteiger partial charge < -0.3 is 0 Å². The van der Waals surface area contributed by atoms with Gasteiger partial charge >= 0.3 is 6.18 Å². The van der Waals surface area contributed by atoms with Crippen molar-refractivity contribution < 1.29 is 13.2 Å². The highest BCUT2D eigenvalue weighted by molar-refractivity contribution is 7.19. The van der Waals surface area contributed by atoms with E-state index in [2.05, 4.69) is 15.3 Å². The maximum atomic E-state index is 13.2. The molecule has 0 saturated heterocycles. The SMILES string of the molecule is Cc1ccc(-c2nnc3sc(-c4ccccc4C(F)(F)F)nn23)cc1. The average Bonchev–Trinajstić information content (AvgIpc) is 3.15. The van der Waals surface area contributed by atoms with Crippen molar-refractivity contribution >= 4 is 16.3 Å². The lowest BCUT2D eigenvalue weighted by Gasteiger charge is -2.10. The number of fused-ring (bicyclic) bond motifs is 1. The number of hydrogen-bond donors (Lipinski definition) is 0. The number of rotatable bonds is 2. The largest absolute Gasteiger partial charge is 0.417 e. The Morgan fingerprint density at radius 2 is 1.68 bits per heavy atom. The Balaban J connectivity index is 1.86. The van der Waals surface area contributed by atoms with Gasteiger partial charge in [0.25, 0.3) is 0 Å². The van der Waals surface area contributed by atoms with Crippen molar-refractivity contribution in [1.82, 2.24) is 19.8 Å². The Bertz CT molecular complexity index is 1050. The molecule has 25 heavy (non-hydrogen) atoms. The molecule has 0 aliphatic carbocycles. The molecular formula is C17H11F3N4S. The molecule has 8 heteroatoms. The Morgan fingerprint density at radius 1 is 0.960 bits per heavy atom. The molecule has 0 unspecified atom stereocenters. The zero-order valence-electron chi connectivity index (χ0n) is 12.9. The van der Waals surface area contributed by atoms with Crippen LogP contribution in [0, 0.1) is 6.92 Å². The molecule has 0 aliphatic heterocycles. The van der Waals surface area contributed by atoms with Crippen LogP contribution >= 0.6 is 11.3 Å². The second-order valence-corrected chi connectivity index (χ2v) is 6.49. The normalized spacial score (nSPS) is 12.0. The summed E-state index contributed by atoms with van der Waals surface area (Å²) in [4.78, 5) is 0.447. The lowest BCUT2D eigenvalue weighted by atomic mass is 10.1. The molecule has 0 amide bonds. The second kappa shape index (κ2) is 5.66. The molecule has 2 aromatic heterocycles. The first-order chi connectivity index (χ1) is 11.9. The maximum absolute atomic E-state index is 13.2. The Morgan fingerprint density at radius 3 is 2.40 bits per heavy atom. The first-order valence-electron chi connectivity index (χ1n) is 7.39. The van der Waals surface area contributed by atoms with Gasteiger partial charge in [0.15, 0.2) is 5.82 Å². The van der Waals surface area contributed by atoms with Crippen molar-refractivity contribution in [3.8, 4) is 22.0 Å². The Labute approximate surface area is 144 Å². The average molecular weight is 360 g/mol. The van der Waals surface area contributed by atoms with E-state index in [-0.39, 0.29) is 10.6 Å². The summed E-state index contributed by atoms with van der Waals surface area (Å²) < 4.78 is 41.2. The third-order valence-corrected chi connectivity index (χ3v) is 4.70. The molecule has 4 aromatic rings. The molecule has 2 heterocycles. The number of aromatic nitrogens is 4. The van der Waals surface area contributed by atoms with E-state index in [0.717, 1.165) is 28.5 Å². The highest BCUT2D eigenvalue weighted by Gasteiger charge is 2.34. The number of hydrogen-bond acceptors (Lipinski definition) is 4. The van der Waals surface area contributed by atoms with Crippen LogP contribution in [0.2, 0.25) is 0 Å². The maximum Gasteiger partial charge on any atom is 0.417 e. The standard InChI is InChI=1S/C17H11F3N4S/c1-10-6-8-11(9-7-10)14-21-22-16-24(14)23-15(25-16)12-4-2-3-5-13(12)17(18,19)20/h2-9H,1H3. The molecule has 4 rings (SSSR count). The van der Waals surface area contributed by atoms with Gasteiger partial charge in [-0.05, 0) is 13.0 Å². The van der Waals surface area contributed by atoms with Crippen LogP contribution in [0.25, 0.3) is 26.9 Å². The lowest BCUT2D eigenvalue weighted by Crippen LogP contribution is -2.06. The van der Waals surface area contributed by atoms with Gasteiger partial charge in [0.05, 0.1) is 5.56 Å². The van der Waals surface area contributed by atoms with E-state index in [9.17, 15) is 13.2 Å². The van der Waals surface area contributed by atoms with Gasteiger partial charge in [-0.1, -0.05) is 59.4 Å². The van der Waals surface area contributed by atoms with Gasteiger partial charge in [-0.25, -0.2) is 0 Å². The molecule has 2 aromatic carbocycles. The van der Waals surface area contributed by atoms with Crippen molar-refractivity contribution in [2.45, 2.75) is 13.1 Å². The molecule has 0 aliphatic rings. The summed E-state index contributed by atoms with van der Waals surface area (Å²) in [6.07, 6.45) is -4.44. The van der Waals surface area contributed by atoms with Crippen LogP contribution in [0.1, 0.15) is 11.1 Å². The molecule has 0 N–H and O–H groups in total. The minimum atomic E-state index is -4.44. The fourth-order valence-electron chi connectivity index (χ4n) is 2.53. The lowest BCUT2D eigenvalue weighted by molar-refractivity contribution is -0.137. The van der Waals surface area contributed by atoms with Crippen LogP contribution in [0.15, 0.2) is 48.5 Å². The smallest absolute Gasteiger partial charge is 0.182 e. The van der Waals surface area contributed by atoms with Crippen LogP contribution in [0.4, 0.5) is 13.2 Å². The highest BCUT2D eigenvalue weighted by Crippen LogP contribution is 2.38. The fraction of sp³-hybridized carbons (Fsp3) is 0.118. The molecular weight excluding hydrogens is 349 g/mol. The molecule has 0 radical (unpaired) electrons. The number of nitrogens with zero attached hydrogens (tertiary/aromatic N) is 4.